The Hall–Kier alpha value is -3.16. The number of likely N-dealkylation sites (tertiary alicyclic amines) is 1. The molecule has 0 spiro atoms. The summed E-state index contributed by atoms with van der Waals surface area (Å²) in [6, 6.07) is 9.10. The molecule has 0 saturated carbocycles. The fraction of sp³-hybridized carbons (Fsp3) is 0.333. The molecule has 134 valence electrons. The standard InChI is InChI=1S/C18H19N5O3/c1-12-17(23-9-4-3-5-14(23)19-12)18(24)22-10-8-13(11-22)26-16-7-6-15(25-2)20-21-16/h3-7,9,13H,8,10-11H2,1-2H3/t13-/m0/s1. The van der Waals surface area contributed by atoms with Gasteiger partial charge in [0.15, 0.2) is 0 Å². The third kappa shape index (κ3) is 2.94. The van der Waals surface area contributed by atoms with Crippen LogP contribution in [0.2, 0.25) is 0 Å². The van der Waals surface area contributed by atoms with Gasteiger partial charge in [0.05, 0.1) is 19.3 Å². The van der Waals surface area contributed by atoms with E-state index in [2.05, 4.69) is 15.2 Å². The third-order valence-corrected chi connectivity index (χ3v) is 4.45. The number of pyridine rings is 1. The number of carbonyl (C=O) groups excluding carboxylic acids is 1. The lowest BCUT2D eigenvalue weighted by Crippen LogP contribution is -2.32. The molecule has 0 bridgehead atoms. The molecule has 1 saturated heterocycles. The molecule has 0 aliphatic carbocycles. The maximum Gasteiger partial charge on any atom is 0.272 e. The summed E-state index contributed by atoms with van der Waals surface area (Å²) in [7, 11) is 1.53. The molecule has 1 fully saturated rings. The molecular weight excluding hydrogens is 334 g/mol. The van der Waals surface area contributed by atoms with E-state index in [1.807, 2.05) is 35.7 Å². The van der Waals surface area contributed by atoms with Crippen molar-refractivity contribution in [2.24, 2.45) is 0 Å². The summed E-state index contributed by atoms with van der Waals surface area (Å²) in [5.74, 6) is 0.827. The minimum Gasteiger partial charge on any atom is -0.480 e. The third-order valence-electron chi connectivity index (χ3n) is 4.45. The second kappa shape index (κ2) is 6.62. The number of aromatic nitrogens is 4. The van der Waals surface area contributed by atoms with Gasteiger partial charge in [-0.1, -0.05) is 6.07 Å². The van der Waals surface area contributed by atoms with E-state index in [9.17, 15) is 4.79 Å². The van der Waals surface area contributed by atoms with Gasteiger partial charge in [-0.3, -0.25) is 9.20 Å². The zero-order valence-corrected chi connectivity index (χ0v) is 14.6. The summed E-state index contributed by atoms with van der Waals surface area (Å²) in [6.07, 6.45) is 2.50. The van der Waals surface area contributed by atoms with Gasteiger partial charge in [0.2, 0.25) is 11.8 Å². The molecule has 3 aromatic rings. The highest BCUT2D eigenvalue weighted by Crippen LogP contribution is 2.21. The van der Waals surface area contributed by atoms with E-state index in [0.29, 0.717) is 30.5 Å². The lowest BCUT2D eigenvalue weighted by atomic mass is 10.3. The zero-order chi connectivity index (χ0) is 18.1. The highest BCUT2D eigenvalue weighted by Gasteiger charge is 2.31. The number of hydrogen-bond donors (Lipinski definition) is 0. The van der Waals surface area contributed by atoms with Crippen molar-refractivity contribution in [3.63, 3.8) is 0 Å². The van der Waals surface area contributed by atoms with Crippen molar-refractivity contribution >= 4 is 11.6 Å². The maximum absolute atomic E-state index is 13.0. The molecule has 4 rings (SSSR count). The molecule has 1 amide bonds. The molecule has 0 aromatic carbocycles. The van der Waals surface area contributed by atoms with Gasteiger partial charge in [-0.05, 0) is 19.1 Å². The Balaban J connectivity index is 1.47. The van der Waals surface area contributed by atoms with Crippen molar-refractivity contribution in [1.82, 2.24) is 24.5 Å². The molecular formula is C18H19N5O3. The summed E-state index contributed by atoms with van der Waals surface area (Å²) < 4.78 is 12.7. The summed E-state index contributed by atoms with van der Waals surface area (Å²) in [5.41, 5.74) is 2.10. The summed E-state index contributed by atoms with van der Waals surface area (Å²) in [5, 5.41) is 7.86. The summed E-state index contributed by atoms with van der Waals surface area (Å²) in [4.78, 5) is 19.2. The van der Waals surface area contributed by atoms with Crippen LogP contribution in [0, 0.1) is 6.92 Å². The molecule has 8 heteroatoms. The van der Waals surface area contributed by atoms with Crippen LogP contribution in [0.15, 0.2) is 36.5 Å². The Morgan fingerprint density at radius 3 is 2.77 bits per heavy atom. The van der Waals surface area contributed by atoms with Gasteiger partial charge in [-0.15, -0.1) is 10.2 Å². The highest BCUT2D eigenvalue weighted by atomic mass is 16.5. The normalized spacial score (nSPS) is 16.8. The van der Waals surface area contributed by atoms with Crippen LogP contribution in [-0.2, 0) is 0 Å². The highest BCUT2D eigenvalue weighted by molar-refractivity contribution is 5.94. The van der Waals surface area contributed by atoms with Gasteiger partial charge in [0.1, 0.15) is 17.4 Å². The van der Waals surface area contributed by atoms with Crippen LogP contribution in [0.3, 0.4) is 0 Å². The monoisotopic (exact) mass is 353 g/mol. The first kappa shape index (κ1) is 16.3. The van der Waals surface area contributed by atoms with Crippen molar-refractivity contribution in [2.75, 3.05) is 20.2 Å². The molecule has 0 N–H and O–H groups in total. The predicted molar refractivity (Wildman–Crippen MR) is 93.4 cm³/mol. The maximum atomic E-state index is 13.0. The first-order valence-corrected chi connectivity index (χ1v) is 8.43. The van der Waals surface area contributed by atoms with Crippen LogP contribution < -0.4 is 9.47 Å². The number of imidazole rings is 1. The van der Waals surface area contributed by atoms with E-state index in [4.69, 9.17) is 9.47 Å². The molecule has 1 aliphatic rings. The SMILES string of the molecule is COc1ccc(O[C@H]2CCN(C(=O)c3c(C)nc4ccccn34)C2)nn1. The van der Waals surface area contributed by atoms with E-state index >= 15 is 0 Å². The van der Waals surface area contributed by atoms with Crippen LogP contribution in [0.1, 0.15) is 22.6 Å². The van der Waals surface area contributed by atoms with Crippen molar-refractivity contribution in [2.45, 2.75) is 19.4 Å². The molecule has 0 radical (unpaired) electrons. The number of ether oxygens (including phenoxy) is 2. The first-order valence-electron chi connectivity index (χ1n) is 8.43. The smallest absolute Gasteiger partial charge is 0.272 e. The average molecular weight is 353 g/mol. The minimum atomic E-state index is -0.110. The molecule has 1 aliphatic heterocycles. The molecule has 3 aromatic heterocycles. The second-order valence-corrected chi connectivity index (χ2v) is 6.17. The lowest BCUT2D eigenvalue weighted by molar-refractivity contribution is 0.0763. The fourth-order valence-electron chi connectivity index (χ4n) is 3.18. The number of fused-ring (bicyclic) bond motifs is 1. The molecule has 4 heterocycles. The van der Waals surface area contributed by atoms with Crippen LogP contribution in [0.5, 0.6) is 11.8 Å². The molecule has 1 atom stereocenters. The number of rotatable bonds is 4. The van der Waals surface area contributed by atoms with E-state index in [-0.39, 0.29) is 12.0 Å². The van der Waals surface area contributed by atoms with E-state index < -0.39 is 0 Å². The number of aryl methyl sites for hydroxylation is 1. The lowest BCUT2D eigenvalue weighted by Gasteiger charge is -2.17. The number of amides is 1. The van der Waals surface area contributed by atoms with Gasteiger partial charge in [0.25, 0.3) is 5.91 Å². The van der Waals surface area contributed by atoms with Crippen LogP contribution in [0.25, 0.3) is 5.65 Å². The van der Waals surface area contributed by atoms with Gasteiger partial charge in [-0.2, -0.15) is 0 Å². The van der Waals surface area contributed by atoms with E-state index in [1.165, 1.54) is 7.11 Å². The van der Waals surface area contributed by atoms with E-state index in [1.54, 1.807) is 17.0 Å². The topological polar surface area (TPSA) is 81.9 Å². The molecule has 26 heavy (non-hydrogen) atoms. The van der Waals surface area contributed by atoms with Gasteiger partial charge in [0, 0.05) is 31.3 Å². The number of nitrogens with zero attached hydrogens (tertiary/aromatic N) is 5. The predicted octanol–water partition coefficient (Wildman–Crippen LogP) is 1.73. The van der Waals surface area contributed by atoms with Gasteiger partial charge in [-0.25, -0.2) is 4.98 Å². The Labute approximate surface area is 150 Å². The molecule has 0 unspecified atom stereocenters. The Bertz CT molecular complexity index is 938. The second-order valence-electron chi connectivity index (χ2n) is 6.17. The Morgan fingerprint density at radius 1 is 1.19 bits per heavy atom. The van der Waals surface area contributed by atoms with Crippen molar-refractivity contribution < 1.29 is 14.3 Å². The van der Waals surface area contributed by atoms with Crippen molar-refractivity contribution in [1.29, 1.82) is 0 Å². The average Bonchev–Trinajstić information content (AvgIpc) is 3.25. The number of methoxy groups -OCH3 is 1. The van der Waals surface area contributed by atoms with Gasteiger partial charge < -0.3 is 14.4 Å². The quantitative estimate of drug-likeness (QED) is 0.710. The number of carbonyl (C=O) groups is 1. The minimum absolute atomic E-state index is 0.0342. The molecule has 8 nitrogen and oxygen atoms in total. The largest absolute Gasteiger partial charge is 0.480 e. The fourth-order valence-corrected chi connectivity index (χ4v) is 3.18. The Kier molecular flexibility index (Phi) is 4.16. The van der Waals surface area contributed by atoms with Crippen molar-refractivity contribution in [3.8, 4) is 11.8 Å². The van der Waals surface area contributed by atoms with Crippen LogP contribution in [-0.4, -0.2) is 56.7 Å². The number of hydrogen-bond acceptors (Lipinski definition) is 6. The zero-order valence-electron chi connectivity index (χ0n) is 14.6. The van der Waals surface area contributed by atoms with Crippen molar-refractivity contribution in [3.05, 3.63) is 47.9 Å². The Morgan fingerprint density at radius 2 is 2.00 bits per heavy atom. The van der Waals surface area contributed by atoms with E-state index in [0.717, 1.165) is 17.8 Å². The van der Waals surface area contributed by atoms with Crippen LogP contribution >= 0.6 is 0 Å². The van der Waals surface area contributed by atoms with Gasteiger partial charge >= 0.3 is 0 Å². The van der Waals surface area contributed by atoms with Crippen LogP contribution in [0.4, 0.5) is 0 Å². The summed E-state index contributed by atoms with van der Waals surface area (Å²) >= 11 is 0. The first-order chi connectivity index (χ1) is 12.7. The summed E-state index contributed by atoms with van der Waals surface area (Å²) in [6.45, 7) is 3.00.